The summed E-state index contributed by atoms with van der Waals surface area (Å²) in [6.07, 6.45) is 3.56. The van der Waals surface area contributed by atoms with Crippen LogP contribution < -0.4 is 16.0 Å². The molecule has 0 bridgehead atoms. The molecule has 0 aliphatic heterocycles. The van der Waals surface area contributed by atoms with Crippen LogP contribution >= 0.6 is 0 Å². The van der Waals surface area contributed by atoms with E-state index >= 15 is 0 Å². The second kappa shape index (κ2) is 20.1. The van der Waals surface area contributed by atoms with Gasteiger partial charge in [-0.05, 0) is 49.1 Å². The molecule has 1 heterocycles. The SMILES string of the molecule is CCCCC[C@@H](C(=O)NCNC(=O)c1ccc(-c2ccc(C(=O)NC(CCC(=O)O)C(=O)O)cc2)o1)[C@@H](CC)N(C=O)OCc1ccccc1. The first kappa shape index (κ1) is 38.9. The van der Waals surface area contributed by atoms with Gasteiger partial charge in [0.25, 0.3) is 11.8 Å². The molecule has 0 aliphatic rings. The molecule has 1 aromatic heterocycles. The standard InChI is InChI=1S/C36H44N4O10/c1-3-5-7-12-27(29(4-2)40(23-41)49-21-24-10-8-6-9-11-24)34(45)37-22-38-35(46)31-19-18-30(50-31)25-13-15-26(16-14-25)33(44)39-28(36(47)48)17-20-32(42)43/h6,8-11,13-16,18-19,23,27-29H,3-5,7,12,17,20-22H2,1-2H3,(H,37,45)(H,38,46)(H,39,44)(H,42,43)(H,47,48)/t27-,28?,29-/m1/s1. The summed E-state index contributed by atoms with van der Waals surface area (Å²) >= 11 is 0. The number of unbranched alkanes of at least 4 members (excludes halogenated alkanes) is 2. The summed E-state index contributed by atoms with van der Waals surface area (Å²) in [5.74, 6) is -4.40. The molecular formula is C36H44N4O10. The first-order chi connectivity index (χ1) is 24.1. The zero-order valence-electron chi connectivity index (χ0n) is 28.1. The van der Waals surface area contributed by atoms with E-state index in [1.54, 1.807) is 18.2 Å². The van der Waals surface area contributed by atoms with Crippen molar-refractivity contribution in [1.82, 2.24) is 21.0 Å². The Balaban J connectivity index is 1.58. The lowest BCUT2D eigenvalue weighted by Gasteiger charge is -2.32. The van der Waals surface area contributed by atoms with Crippen molar-refractivity contribution in [3.8, 4) is 11.3 Å². The van der Waals surface area contributed by atoms with Crippen molar-refractivity contribution in [2.24, 2.45) is 5.92 Å². The number of carboxylic acid groups (broad SMARTS) is 2. The molecular weight excluding hydrogens is 648 g/mol. The van der Waals surface area contributed by atoms with Gasteiger partial charge in [-0.3, -0.25) is 28.8 Å². The summed E-state index contributed by atoms with van der Waals surface area (Å²) in [6, 6.07) is 16.5. The van der Waals surface area contributed by atoms with E-state index in [-0.39, 0.29) is 36.9 Å². The van der Waals surface area contributed by atoms with Gasteiger partial charge < -0.3 is 30.6 Å². The van der Waals surface area contributed by atoms with Crippen molar-refractivity contribution < 1.29 is 48.2 Å². The van der Waals surface area contributed by atoms with Crippen molar-refractivity contribution in [2.75, 3.05) is 6.67 Å². The molecule has 2 aromatic carbocycles. The number of hydrogen-bond acceptors (Lipinski definition) is 8. The molecule has 0 spiro atoms. The fourth-order valence-electron chi connectivity index (χ4n) is 5.28. The third kappa shape index (κ3) is 11.9. The number of hydrogen-bond donors (Lipinski definition) is 5. The van der Waals surface area contributed by atoms with E-state index in [9.17, 15) is 33.9 Å². The number of nitrogens with zero attached hydrogens (tertiary/aromatic N) is 1. The van der Waals surface area contributed by atoms with E-state index in [4.69, 9.17) is 14.4 Å². The van der Waals surface area contributed by atoms with Crippen LogP contribution in [-0.4, -0.2) is 70.1 Å². The van der Waals surface area contributed by atoms with Gasteiger partial charge in [-0.25, -0.2) is 9.86 Å². The highest BCUT2D eigenvalue weighted by atomic mass is 16.7. The molecule has 14 heteroatoms. The van der Waals surface area contributed by atoms with Crippen LogP contribution in [0.1, 0.15) is 85.3 Å². The molecule has 0 fully saturated rings. The Hall–Kier alpha value is -5.50. The topological polar surface area (TPSA) is 205 Å². The van der Waals surface area contributed by atoms with Crippen molar-refractivity contribution >= 4 is 36.1 Å². The molecule has 3 rings (SSSR count). The summed E-state index contributed by atoms with van der Waals surface area (Å²) in [7, 11) is 0. The van der Waals surface area contributed by atoms with Crippen LogP contribution in [0.5, 0.6) is 0 Å². The van der Waals surface area contributed by atoms with Crippen LogP contribution in [0.3, 0.4) is 0 Å². The normalized spacial score (nSPS) is 12.6. The van der Waals surface area contributed by atoms with Gasteiger partial charge in [-0.15, -0.1) is 0 Å². The third-order valence-corrected chi connectivity index (χ3v) is 8.02. The Morgan fingerprint density at radius 2 is 1.60 bits per heavy atom. The van der Waals surface area contributed by atoms with Gasteiger partial charge in [0.05, 0.1) is 18.6 Å². The van der Waals surface area contributed by atoms with E-state index in [2.05, 4.69) is 22.9 Å². The Bertz CT molecular complexity index is 1570. The average Bonchev–Trinajstić information content (AvgIpc) is 3.61. The monoisotopic (exact) mass is 692 g/mol. The van der Waals surface area contributed by atoms with Gasteiger partial charge >= 0.3 is 11.9 Å². The van der Waals surface area contributed by atoms with Crippen LogP contribution in [0.4, 0.5) is 0 Å². The minimum atomic E-state index is -1.36. The number of carboxylic acids is 2. The van der Waals surface area contributed by atoms with Crippen molar-refractivity contribution in [1.29, 1.82) is 0 Å². The summed E-state index contributed by atoms with van der Waals surface area (Å²) in [6.45, 7) is 3.92. The highest BCUT2D eigenvalue weighted by Crippen LogP contribution is 2.24. The predicted octanol–water partition coefficient (Wildman–Crippen LogP) is 4.36. The highest BCUT2D eigenvalue weighted by molar-refractivity contribution is 5.97. The molecule has 4 amide bonds. The van der Waals surface area contributed by atoms with E-state index < -0.39 is 48.2 Å². The summed E-state index contributed by atoms with van der Waals surface area (Å²) in [5, 5.41) is 27.0. The minimum absolute atomic E-state index is 0.0221. The molecule has 0 aliphatic carbocycles. The molecule has 0 saturated carbocycles. The first-order valence-electron chi connectivity index (χ1n) is 16.5. The van der Waals surface area contributed by atoms with Crippen LogP contribution in [0.2, 0.25) is 0 Å². The van der Waals surface area contributed by atoms with Crippen LogP contribution in [-0.2, 0) is 30.6 Å². The minimum Gasteiger partial charge on any atom is -0.481 e. The largest absolute Gasteiger partial charge is 0.481 e. The van der Waals surface area contributed by atoms with Gasteiger partial charge in [-0.1, -0.05) is 75.6 Å². The van der Waals surface area contributed by atoms with Gasteiger partial charge in [0.2, 0.25) is 12.3 Å². The van der Waals surface area contributed by atoms with E-state index in [0.717, 1.165) is 24.8 Å². The molecule has 14 nitrogen and oxygen atoms in total. The number of rotatable bonds is 22. The van der Waals surface area contributed by atoms with Gasteiger partial charge in [0.1, 0.15) is 18.4 Å². The van der Waals surface area contributed by atoms with Gasteiger partial charge in [-0.2, -0.15) is 0 Å². The second-order valence-electron chi connectivity index (χ2n) is 11.6. The molecule has 0 radical (unpaired) electrons. The van der Waals surface area contributed by atoms with Crippen LogP contribution in [0.25, 0.3) is 11.3 Å². The first-order valence-corrected chi connectivity index (χ1v) is 16.5. The Morgan fingerprint density at radius 1 is 0.880 bits per heavy atom. The molecule has 3 aromatic rings. The molecule has 5 N–H and O–H groups in total. The number of furan rings is 1. The fourth-order valence-corrected chi connectivity index (χ4v) is 5.28. The molecule has 3 atom stereocenters. The number of aliphatic carboxylic acids is 2. The van der Waals surface area contributed by atoms with Gasteiger partial charge in [0.15, 0.2) is 5.76 Å². The van der Waals surface area contributed by atoms with Gasteiger partial charge in [0, 0.05) is 17.5 Å². The summed E-state index contributed by atoms with van der Waals surface area (Å²) in [4.78, 5) is 78.8. The maximum absolute atomic E-state index is 13.4. The zero-order valence-corrected chi connectivity index (χ0v) is 28.1. The number of nitrogens with one attached hydrogen (secondary N) is 3. The second-order valence-corrected chi connectivity index (χ2v) is 11.6. The van der Waals surface area contributed by atoms with E-state index in [1.807, 2.05) is 37.3 Å². The molecule has 268 valence electrons. The average molecular weight is 693 g/mol. The van der Waals surface area contributed by atoms with Crippen LogP contribution in [0.15, 0.2) is 71.1 Å². The molecule has 1 unspecified atom stereocenters. The third-order valence-electron chi connectivity index (χ3n) is 8.02. The molecule has 0 saturated heterocycles. The smallest absolute Gasteiger partial charge is 0.326 e. The quantitative estimate of drug-likeness (QED) is 0.0435. The predicted molar refractivity (Wildman–Crippen MR) is 181 cm³/mol. The Labute approximate surface area is 290 Å². The lowest BCUT2D eigenvalue weighted by atomic mass is 9.90. The van der Waals surface area contributed by atoms with Crippen LogP contribution in [0, 0.1) is 5.92 Å². The maximum Gasteiger partial charge on any atom is 0.326 e. The van der Waals surface area contributed by atoms with Crippen molar-refractivity contribution in [2.45, 2.75) is 77.5 Å². The Kier molecular flexibility index (Phi) is 15.7. The lowest BCUT2D eigenvalue weighted by molar-refractivity contribution is -0.200. The number of amides is 4. The van der Waals surface area contributed by atoms with Crippen molar-refractivity contribution in [3.63, 3.8) is 0 Å². The molecule has 50 heavy (non-hydrogen) atoms. The number of hydroxylamine groups is 2. The Morgan fingerprint density at radius 3 is 2.22 bits per heavy atom. The summed E-state index contributed by atoms with van der Waals surface area (Å²) in [5.41, 5.74) is 1.56. The number of carbonyl (C=O) groups is 6. The summed E-state index contributed by atoms with van der Waals surface area (Å²) < 4.78 is 5.70. The van der Waals surface area contributed by atoms with Crippen molar-refractivity contribution in [3.05, 3.63) is 83.6 Å². The van der Waals surface area contributed by atoms with E-state index in [0.29, 0.717) is 30.6 Å². The zero-order chi connectivity index (χ0) is 36.5. The number of benzene rings is 2. The maximum atomic E-state index is 13.4. The highest BCUT2D eigenvalue weighted by Gasteiger charge is 2.32. The van der Waals surface area contributed by atoms with E-state index in [1.165, 1.54) is 23.3 Å². The lowest BCUT2D eigenvalue weighted by Crippen LogP contribution is -2.48. The number of carbonyl (C=O) groups excluding carboxylic acids is 4. The fraction of sp³-hybridized carbons (Fsp3) is 0.389.